The highest BCUT2D eigenvalue weighted by Gasteiger charge is 2.45. The first-order chi connectivity index (χ1) is 10.3. The number of nitrogens with one attached hydrogen (secondary N) is 1. The summed E-state index contributed by atoms with van der Waals surface area (Å²) >= 11 is 0. The minimum atomic E-state index is -3.79. The molecule has 1 aliphatic carbocycles. The van der Waals surface area contributed by atoms with Gasteiger partial charge in [0.25, 0.3) is 7.52 Å². The first-order valence-electron chi connectivity index (χ1n) is 7.72. The third-order valence-corrected chi connectivity index (χ3v) is 6.12. The summed E-state index contributed by atoms with van der Waals surface area (Å²) in [5.74, 6) is -1.17. The van der Waals surface area contributed by atoms with Gasteiger partial charge >= 0.3 is 5.97 Å². The van der Waals surface area contributed by atoms with Gasteiger partial charge in [0, 0.05) is 0 Å². The molecule has 2 rings (SSSR count). The van der Waals surface area contributed by atoms with E-state index in [1.54, 1.807) is 31.2 Å². The topological polar surface area (TPSA) is 86.6 Å². The number of carbonyl (C=O) groups is 1. The Morgan fingerprint density at radius 2 is 1.86 bits per heavy atom. The molecule has 6 heteroatoms. The van der Waals surface area contributed by atoms with Crippen molar-refractivity contribution in [1.29, 1.82) is 0 Å². The van der Waals surface area contributed by atoms with Gasteiger partial charge in [-0.15, -0.1) is 0 Å². The summed E-state index contributed by atoms with van der Waals surface area (Å²) in [5, 5.41) is 12.2. The quantitative estimate of drug-likeness (QED) is 0.698. The fraction of sp³-hybridized carbons (Fsp3) is 0.562. The summed E-state index contributed by atoms with van der Waals surface area (Å²) in [5.41, 5.74) is -0.642. The number of carboxylic acid groups (broad SMARTS) is 1. The van der Waals surface area contributed by atoms with Crippen molar-refractivity contribution in [2.45, 2.75) is 50.7 Å². The number of rotatable bonds is 6. The molecule has 3 N–H and O–H groups in total. The third kappa shape index (κ3) is 4.19. The lowest BCUT2D eigenvalue weighted by Gasteiger charge is -2.38. The normalized spacial score (nSPS) is 21.7. The van der Waals surface area contributed by atoms with Crippen molar-refractivity contribution in [2.75, 3.05) is 0 Å². The van der Waals surface area contributed by atoms with E-state index in [4.69, 9.17) is 0 Å². The van der Waals surface area contributed by atoms with Crippen LogP contribution in [0, 0.1) is 5.92 Å². The fourth-order valence-corrected chi connectivity index (χ4v) is 5.02. The largest absolute Gasteiger partial charge is 0.480 e. The minimum Gasteiger partial charge on any atom is -0.480 e. The van der Waals surface area contributed by atoms with Crippen LogP contribution in [0.15, 0.2) is 30.3 Å². The van der Waals surface area contributed by atoms with Crippen molar-refractivity contribution in [3.8, 4) is 0 Å². The second-order valence-corrected chi connectivity index (χ2v) is 8.24. The van der Waals surface area contributed by atoms with Gasteiger partial charge in [0.05, 0.1) is 6.16 Å². The Morgan fingerprint density at radius 1 is 1.27 bits per heavy atom. The van der Waals surface area contributed by atoms with Crippen molar-refractivity contribution in [1.82, 2.24) is 5.09 Å². The molecule has 2 atom stereocenters. The highest BCUT2D eigenvalue weighted by atomic mass is 31.2. The number of hydrogen-bond donors (Lipinski definition) is 3. The zero-order chi connectivity index (χ0) is 16.2. The van der Waals surface area contributed by atoms with Crippen LogP contribution in [0.1, 0.15) is 44.6 Å². The molecule has 1 fully saturated rings. The molecule has 0 saturated heterocycles. The van der Waals surface area contributed by atoms with Gasteiger partial charge in [0.2, 0.25) is 0 Å². The van der Waals surface area contributed by atoms with Crippen LogP contribution in [0.5, 0.6) is 0 Å². The van der Waals surface area contributed by atoms with Crippen LogP contribution in [-0.2, 0) is 15.5 Å². The third-order valence-electron chi connectivity index (χ3n) is 4.51. The van der Waals surface area contributed by atoms with Gasteiger partial charge in [0.15, 0.2) is 0 Å². The molecule has 0 aliphatic heterocycles. The summed E-state index contributed by atoms with van der Waals surface area (Å²) < 4.78 is 12.5. The van der Waals surface area contributed by atoms with Crippen molar-refractivity contribution in [3.05, 3.63) is 35.9 Å². The van der Waals surface area contributed by atoms with Crippen molar-refractivity contribution >= 4 is 13.5 Å². The van der Waals surface area contributed by atoms with Crippen LogP contribution in [0.25, 0.3) is 0 Å². The van der Waals surface area contributed by atoms with Crippen LogP contribution >= 0.6 is 7.52 Å². The number of hydrogen-bond acceptors (Lipinski definition) is 2. The Balaban J connectivity index is 2.15. The molecule has 0 radical (unpaired) electrons. The Labute approximate surface area is 131 Å². The van der Waals surface area contributed by atoms with Gasteiger partial charge in [-0.3, -0.25) is 9.36 Å². The number of aliphatic carboxylic acids is 1. The zero-order valence-electron chi connectivity index (χ0n) is 12.9. The zero-order valence-corrected chi connectivity index (χ0v) is 13.8. The van der Waals surface area contributed by atoms with Crippen LogP contribution in [0.4, 0.5) is 0 Å². The monoisotopic (exact) mass is 325 g/mol. The number of benzene rings is 1. The standard InChI is InChI=1S/C16H24NO4P/c1-16(15(18)19,14-10-6-3-7-11-14)17-22(20,21)12-13-8-4-2-5-9-13/h2,4-5,8-9,14H,3,6-7,10-12H2,1H3,(H,18,19)(H2,17,20,21). The van der Waals surface area contributed by atoms with Gasteiger partial charge in [0.1, 0.15) is 5.54 Å². The Bertz CT molecular complexity index is 557. The molecule has 1 aliphatic rings. The SMILES string of the molecule is CC(NP(=O)(O)Cc1ccccc1)(C(=O)O)C1CCCCC1. The number of carboxylic acids is 1. The fourth-order valence-electron chi connectivity index (χ4n) is 3.23. The highest BCUT2D eigenvalue weighted by Crippen LogP contribution is 2.45. The minimum absolute atomic E-state index is 0.0660. The lowest BCUT2D eigenvalue weighted by Crippen LogP contribution is -2.54. The lowest BCUT2D eigenvalue weighted by atomic mass is 9.76. The molecule has 2 unspecified atom stereocenters. The maximum atomic E-state index is 12.5. The molecule has 1 saturated carbocycles. The van der Waals surface area contributed by atoms with E-state index >= 15 is 0 Å². The van der Waals surface area contributed by atoms with Crippen LogP contribution in [0.2, 0.25) is 0 Å². The molecule has 1 aromatic rings. The van der Waals surface area contributed by atoms with Crippen molar-refractivity contribution < 1.29 is 19.4 Å². The van der Waals surface area contributed by atoms with E-state index in [0.717, 1.165) is 37.7 Å². The average Bonchev–Trinajstić information content (AvgIpc) is 2.48. The molecule has 5 nitrogen and oxygen atoms in total. The Morgan fingerprint density at radius 3 is 2.41 bits per heavy atom. The first-order valence-corrected chi connectivity index (χ1v) is 9.56. The van der Waals surface area contributed by atoms with Gasteiger partial charge < -0.3 is 10.00 Å². The van der Waals surface area contributed by atoms with Crippen molar-refractivity contribution in [2.24, 2.45) is 5.92 Å². The van der Waals surface area contributed by atoms with E-state index in [2.05, 4.69) is 5.09 Å². The molecule has 0 spiro atoms. The molecule has 1 aromatic carbocycles. The smallest absolute Gasteiger partial charge is 0.324 e. The van der Waals surface area contributed by atoms with Crippen LogP contribution in [0.3, 0.4) is 0 Å². The summed E-state index contributed by atoms with van der Waals surface area (Å²) in [7, 11) is -3.79. The molecule has 22 heavy (non-hydrogen) atoms. The summed E-state index contributed by atoms with van der Waals surface area (Å²) in [4.78, 5) is 22.0. The summed E-state index contributed by atoms with van der Waals surface area (Å²) in [6.07, 6.45) is 4.55. The van der Waals surface area contributed by atoms with E-state index in [1.165, 1.54) is 0 Å². The van der Waals surface area contributed by atoms with Gasteiger partial charge in [-0.25, -0.2) is 5.09 Å². The van der Waals surface area contributed by atoms with E-state index in [0.29, 0.717) is 0 Å². The van der Waals surface area contributed by atoms with E-state index in [-0.39, 0.29) is 12.1 Å². The van der Waals surface area contributed by atoms with Crippen molar-refractivity contribution in [3.63, 3.8) is 0 Å². The average molecular weight is 325 g/mol. The molecule has 122 valence electrons. The lowest BCUT2D eigenvalue weighted by molar-refractivity contribution is -0.146. The second kappa shape index (κ2) is 6.95. The Kier molecular flexibility index (Phi) is 5.43. The predicted molar refractivity (Wildman–Crippen MR) is 85.7 cm³/mol. The maximum Gasteiger partial charge on any atom is 0.324 e. The Hall–Kier alpha value is -1.16. The highest BCUT2D eigenvalue weighted by molar-refractivity contribution is 7.55. The second-order valence-electron chi connectivity index (χ2n) is 6.30. The summed E-state index contributed by atoms with van der Waals surface area (Å²) in [6.45, 7) is 1.54. The van der Waals surface area contributed by atoms with Gasteiger partial charge in [-0.1, -0.05) is 49.6 Å². The first kappa shape index (κ1) is 17.2. The van der Waals surface area contributed by atoms with Crippen LogP contribution in [-0.4, -0.2) is 21.5 Å². The van der Waals surface area contributed by atoms with E-state index < -0.39 is 19.0 Å². The molecule has 0 heterocycles. The molecule has 0 aromatic heterocycles. The van der Waals surface area contributed by atoms with Crippen LogP contribution < -0.4 is 5.09 Å². The molecule has 0 amide bonds. The van der Waals surface area contributed by atoms with E-state index in [9.17, 15) is 19.4 Å². The predicted octanol–water partition coefficient (Wildman–Crippen LogP) is 3.39. The van der Waals surface area contributed by atoms with E-state index in [1.807, 2.05) is 6.07 Å². The summed E-state index contributed by atoms with van der Waals surface area (Å²) in [6, 6.07) is 8.97. The maximum absolute atomic E-state index is 12.5. The van der Waals surface area contributed by atoms with Gasteiger partial charge in [-0.2, -0.15) is 0 Å². The van der Waals surface area contributed by atoms with Gasteiger partial charge in [-0.05, 0) is 31.2 Å². The molecule has 0 bridgehead atoms. The molecular formula is C16H24NO4P. The molecular weight excluding hydrogens is 301 g/mol.